The first-order chi connectivity index (χ1) is 15.6. The number of hydrogen-bond donors (Lipinski definition) is 0. The first kappa shape index (κ1) is 21.8. The third-order valence-corrected chi connectivity index (χ3v) is 5.67. The second kappa shape index (κ2) is 9.79. The van der Waals surface area contributed by atoms with Crippen LogP contribution in [0.4, 0.5) is 0 Å². The van der Waals surface area contributed by atoms with Crippen LogP contribution in [0.5, 0.6) is 5.75 Å². The molecule has 0 N–H and O–H groups in total. The largest absolute Gasteiger partial charge is 0.489 e. The number of carbonyl (C=O) groups is 2. The number of ether oxygens (including phenoxy) is 3. The molecular weight excluding hydrogens is 404 g/mol. The Kier molecular flexibility index (Phi) is 6.66. The zero-order valence-electron chi connectivity index (χ0n) is 18.1. The fourth-order valence-corrected chi connectivity index (χ4v) is 3.79. The Morgan fingerprint density at radius 2 is 1.53 bits per heavy atom. The molecule has 1 heterocycles. The van der Waals surface area contributed by atoms with Crippen molar-refractivity contribution in [2.75, 3.05) is 19.8 Å². The molecule has 164 valence electrons. The lowest BCUT2D eigenvalue weighted by molar-refractivity contribution is -0.151. The van der Waals surface area contributed by atoms with Crippen molar-refractivity contribution in [1.82, 2.24) is 0 Å². The summed E-state index contributed by atoms with van der Waals surface area (Å²) in [5.41, 5.74) is 3.04. The summed E-state index contributed by atoms with van der Waals surface area (Å²) >= 11 is 0. The van der Waals surface area contributed by atoms with Gasteiger partial charge < -0.3 is 14.2 Å². The highest BCUT2D eigenvalue weighted by Gasteiger charge is 2.42. The van der Waals surface area contributed by atoms with Crippen LogP contribution in [0.1, 0.15) is 40.4 Å². The smallest absolute Gasteiger partial charge is 0.306 e. The van der Waals surface area contributed by atoms with Gasteiger partial charge in [-0.15, -0.1) is 0 Å². The quantitative estimate of drug-likeness (QED) is 0.363. The molecule has 3 aromatic carbocycles. The normalized spacial score (nSPS) is 14.3. The number of carbonyl (C=O) groups excluding carboxylic acids is 2. The van der Waals surface area contributed by atoms with Crippen LogP contribution >= 0.6 is 0 Å². The summed E-state index contributed by atoms with van der Waals surface area (Å²) in [5.74, 6) is 0.542. The highest BCUT2D eigenvalue weighted by atomic mass is 16.5. The van der Waals surface area contributed by atoms with Crippen LogP contribution < -0.4 is 4.74 Å². The molecule has 1 aliphatic heterocycles. The van der Waals surface area contributed by atoms with Gasteiger partial charge in [0.1, 0.15) is 12.4 Å². The maximum Gasteiger partial charge on any atom is 0.306 e. The number of ketones is 1. The van der Waals surface area contributed by atoms with Crippen LogP contribution in [-0.2, 0) is 26.3 Å². The van der Waals surface area contributed by atoms with Crippen molar-refractivity contribution in [1.29, 1.82) is 0 Å². The van der Waals surface area contributed by atoms with Gasteiger partial charge in [0.2, 0.25) is 0 Å². The maximum atomic E-state index is 12.5. The lowest BCUT2D eigenvalue weighted by Gasteiger charge is -2.41. The van der Waals surface area contributed by atoms with Crippen LogP contribution in [0, 0.1) is 0 Å². The van der Waals surface area contributed by atoms with E-state index in [1.165, 1.54) is 0 Å². The number of hydrogen-bond acceptors (Lipinski definition) is 5. The average molecular weight is 431 g/mol. The minimum absolute atomic E-state index is 0.00498. The summed E-state index contributed by atoms with van der Waals surface area (Å²) in [6, 6.07) is 24.5. The van der Waals surface area contributed by atoms with Gasteiger partial charge in [-0.1, -0.05) is 66.7 Å². The van der Waals surface area contributed by atoms with Gasteiger partial charge in [0, 0.05) is 11.1 Å². The van der Waals surface area contributed by atoms with Crippen molar-refractivity contribution in [3.05, 3.63) is 101 Å². The molecule has 0 radical (unpaired) electrons. The Balaban J connectivity index is 1.35. The highest BCUT2D eigenvalue weighted by molar-refractivity contribution is 6.08. The number of rotatable bonds is 9. The molecule has 0 spiro atoms. The summed E-state index contributed by atoms with van der Waals surface area (Å²) in [7, 11) is 0. The van der Waals surface area contributed by atoms with Crippen molar-refractivity contribution in [2.45, 2.75) is 25.4 Å². The summed E-state index contributed by atoms with van der Waals surface area (Å²) in [4.78, 5) is 24.5. The van der Waals surface area contributed by atoms with Gasteiger partial charge in [0.25, 0.3) is 0 Å². The standard InChI is InChI=1S/C27H26O5/c1-2-31-25(28)16-27(18-30-19-27)23-12-14-24(15-13-23)32-17-20-8-10-22(11-9-20)26(29)21-6-4-3-5-7-21/h3-15H,2,16-19H2,1H3. The Bertz CT molecular complexity index is 1050. The van der Waals surface area contributed by atoms with E-state index in [0.717, 1.165) is 16.9 Å². The molecule has 0 unspecified atom stereocenters. The van der Waals surface area contributed by atoms with Crippen molar-refractivity contribution < 1.29 is 23.8 Å². The topological polar surface area (TPSA) is 61.8 Å². The van der Waals surface area contributed by atoms with E-state index in [0.29, 0.717) is 44.0 Å². The van der Waals surface area contributed by atoms with Crippen LogP contribution in [0.25, 0.3) is 0 Å². The molecule has 5 nitrogen and oxygen atoms in total. The van der Waals surface area contributed by atoms with E-state index < -0.39 is 0 Å². The zero-order chi connectivity index (χ0) is 22.4. The second-order valence-electron chi connectivity index (χ2n) is 7.96. The predicted molar refractivity (Wildman–Crippen MR) is 121 cm³/mol. The van der Waals surface area contributed by atoms with Crippen LogP contribution in [-0.4, -0.2) is 31.6 Å². The molecule has 4 rings (SSSR count). The van der Waals surface area contributed by atoms with Gasteiger partial charge in [-0.2, -0.15) is 0 Å². The number of benzene rings is 3. The van der Waals surface area contributed by atoms with Gasteiger partial charge in [-0.3, -0.25) is 9.59 Å². The first-order valence-electron chi connectivity index (χ1n) is 10.7. The molecular formula is C27H26O5. The summed E-state index contributed by atoms with van der Waals surface area (Å²) in [5, 5.41) is 0. The molecule has 5 heteroatoms. The van der Waals surface area contributed by atoms with E-state index in [1.54, 1.807) is 0 Å². The van der Waals surface area contributed by atoms with E-state index in [-0.39, 0.29) is 17.2 Å². The predicted octanol–water partition coefficient (Wildman–Crippen LogP) is 4.72. The van der Waals surface area contributed by atoms with Gasteiger partial charge in [0.15, 0.2) is 5.78 Å². The Hall–Kier alpha value is -3.44. The van der Waals surface area contributed by atoms with Gasteiger partial charge in [-0.05, 0) is 30.2 Å². The Morgan fingerprint density at radius 1 is 0.875 bits per heavy atom. The first-order valence-corrected chi connectivity index (χ1v) is 10.7. The molecule has 1 saturated heterocycles. The second-order valence-corrected chi connectivity index (χ2v) is 7.96. The van der Waals surface area contributed by atoms with Crippen LogP contribution in [0.3, 0.4) is 0 Å². The fourth-order valence-electron chi connectivity index (χ4n) is 3.79. The molecule has 32 heavy (non-hydrogen) atoms. The monoisotopic (exact) mass is 430 g/mol. The molecule has 0 aliphatic carbocycles. The van der Waals surface area contributed by atoms with Crippen LogP contribution in [0.15, 0.2) is 78.9 Å². The summed E-state index contributed by atoms with van der Waals surface area (Å²) < 4.78 is 16.4. The van der Waals surface area contributed by atoms with E-state index in [4.69, 9.17) is 14.2 Å². The molecule has 0 atom stereocenters. The molecule has 0 aromatic heterocycles. The fraction of sp³-hybridized carbons (Fsp3) is 0.259. The van der Waals surface area contributed by atoms with Gasteiger partial charge >= 0.3 is 5.97 Å². The van der Waals surface area contributed by atoms with E-state index in [2.05, 4.69) is 0 Å². The minimum Gasteiger partial charge on any atom is -0.489 e. The third kappa shape index (κ3) is 4.89. The molecule has 1 aliphatic rings. The third-order valence-electron chi connectivity index (χ3n) is 5.67. The SMILES string of the molecule is CCOC(=O)CC1(c2ccc(OCc3ccc(C(=O)c4ccccc4)cc3)cc2)COC1. The van der Waals surface area contributed by atoms with E-state index in [9.17, 15) is 9.59 Å². The Morgan fingerprint density at radius 3 is 2.12 bits per heavy atom. The molecule has 0 saturated carbocycles. The maximum absolute atomic E-state index is 12.5. The van der Waals surface area contributed by atoms with Gasteiger partial charge in [0.05, 0.1) is 31.7 Å². The number of esters is 1. The molecule has 3 aromatic rings. The van der Waals surface area contributed by atoms with Crippen molar-refractivity contribution in [2.24, 2.45) is 0 Å². The lowest BCUT2D eigenvalue weighted by Crippen LogP contribution is -2.48. The van der Waals surface area contributed by atoms with Crippen LogP contribution in [0.2, 0.25) is 0 Å². The minimum atomic E-state index is -0.314. The van der Waals surface area contributed by atoms with Gasteiger partial charge in [-0.25, -0.2) is 0 Å². The zero-order valence-corrected chi connectivity index (χ0v) is 18.1. The molecule has 0 bridgehead atoms. The summed E-state index contributed by atoms with van der Waals surface area (Å²) in [6.07, 6.45) is 0.315. The van der Waals surface area contributed by atoms with E-state index >= 15 is 0 Å². The van der Waals surface area contributed by atoms with E-state index in [1.807, 2.05) is 85.8 Å². The average Bonchev–Trinajstić information content (AvgIpc) is 2.81. The Labute approximate surface area is 187 Å². The molecule has 1 fully saturated rings. The van der Waals surface area contributed by atoms with Crippen molar-refractivity contribution in [3.63, 3.8) is 0 Å². The highest BCUT2D eigenvalue weighted by Crippen LogP contribution is 2.37. The lowest BCUT2D eigenvalue weighted by atomic mass is 9.76. The van der Waals surface area contributed by atoms with Crippen molar-refractivity contribution in [3.8, 4) is 5.75 Å². The summed E-state index contributed by atoms with van der Waals surface area (Å²) in [6.45, 7) is 3.61. The molecule has 0 amide bonds. The van der Waals surface area contributed by atoms with Crippen molar-refractivity contribution >= 4 is 11.8 Å².